The molecule has 1 aliphatic heterocycles. The molecule has 1 aromatic heterocycles. The maximum atomic E-state index is 12.7. The fourth-order valence-electron chi connectivity index (χ4n) is 2.41. The molecule has 0 aliphatic carbocycles. The lowest BCUT2D eigenvalue weighted by molar-refractivity contribution is 0.0631. The Kier molecular flexibility index (Phi) is 4.79. The molecule has 0 aromatic carbocycles. The van der Waals surface area contributed by atoms with Gasteiger partial charge < -0.3 is 10.1 Å². The SMILES string of the molecule is CNCc1c(S(=O)(=O)N(C)C2CCOCC2)n[nH]c1C. The van der Waals surface area contributed by atoms with Crippen molar-refractivity contribution >= 4 is 10.0 Å². The highest BCUT2D eigenvalue weighted by Crippen LogP contribution is 2.24. The van der Waals surface area contributed by atoms with Gasteiger partial charge in [-0.3, -0.25) is 5.10 Å². The molecule has 0 atom stereocenters. The molecule has 1 fully saturated rings. The third-order valence-corrected chi connectivity index (χ3v) is 5.60. The standard InChI is InChI=1S/C12H22N4O3S/c1-9-11(8-13-2)12(15-14-9)20(17,18)16(3)10-4-6-19-7-5-10/h10,13H,4-8H2,1-3H3,(H,14,15). The molecule has 0 spiro atoms. The van der Waals surface area contributed by atoms with Crippen LogP contribution in [0.1, 0.15) is 24.1 Å². The van der Waals surface area contributed by atoms with Crippen molar-refractivity contribution in [1.29, 1.82) is 0 Å². The number of nitrogens with zero attached hydrogens (tertiary/aromatic N) is 2. The number of nitrogens with one attached hydrogen (secondary N) is 2. The van der Waals surface area contributed by atoms with E-state index in [1.807, 2.05) is 6.92 Å². The van der Waals surface area contributed by atoms with E-state index in [-0.39, 0.29) is 11.1 Å². The highest BCUT2D eigenvalue weighted by molar-refractivity contribution is 7.89. The van der Waals surface area contributed by atoms with Crippen LogP contribution < -0.4 is 5.32 Å². The first-order valence-corrected chi connectivity index (χ1v) is 8.16. The summed E-state index contributed by atoms with van der Waals surface area (Å²) in [7, 11) is -0.169. The molecule has 8 heteroatoms. The zero-order valence-corrected chi connectivity index (χ0v) is 13.0. The summed E-state index contributed by atoms with van der Waals surface area (Å²) in [4.78, 5) is 0. The molecule has 0 saturated carbocycles. The first-order chi connectivity index (χ1) is 9.48. The average Bonchev–Trinajstić information content (AvgIpc) is 2.81. The van der Waals surface area contributed by atoms with Gasteiger partial charge in [-0.25, -0.2) is 8.42 Å². The van der Waals surface area contributed by atoms with Gasteiger partial charge >= 0.3 is 0 Å². The molecular formula is C12H22N4O3S. The number of hydrogen-bond acceptors (Lipinski definition) is 5. The molecule has 0 unspecified atom stereocenters. The Morgan fingerprint density at radius 2 is 2.10 bits per heavy atom. The van der Waals surface area contributed by atoms with Crippen LogP contribution in [0.15, 0.2) is 5.03 Å². The Bertz CT molecular complexity index is 549. The Morgan fingerprint density at radius 1 is 1.45 bits per heavy atom. The Labute approximate surface area is 119 Å². The molecule has 1 saturated heterocycles. The lowest BCUT2D eigenvalue weighted by atomic mass is 10.1. The second-order valence-electron chi connectivity index (χ2n) is 5.03. The number of aromatic amines is 1. The number of aromatic nitrogens is 2. The van der Waals surface area contributed by atoms with E-state index in [9.17, 15) is 8.42 Å². The van der Waals surface area contributed by atoms with E-state index < -0.39 is 10.0 Å². The van der Waals surface area contributed by atoms with E-state index in [0.717, 1.165) is 18.5 Å². The van der Waals surface area contributed by atoms with Crippen molar-refractivity contribution in [3.8, 4) is 0 Å². The second-order valence-corrected chi connectivity index (χ2v) is 6.94. The molecule has 0 bridgehead atoms. The van der Waals surface area contributed by atoms with E-state index in [0.29, 0.717) is 25.3 Å². The number of sulfonamides is 1. The largest absolute Gasteiger partial charge is 0.381 e. The summed E-state index contributed by atoms with van der Waals surface area (Å²) in [6.45, 7) is 3.51. The summed E-state index contributed by atoms with van der Waals surface area (Å²) in [6.07, 6.45) is 1.45. The predicted molar refractivity (Wildman–Crippen MR) is 74.9 cm³/mol. The second kappa shape index (κ2) is 6.21. The number of H-pyrrole nitrogens is 1. The van der Waals surface area contributed by atoms with E-state index in [1.165, 1.54) is 4.31 Å². The molecule has 20 heavy (non-hydrogen) atoms. The first-order valence-electron chi connectivity index (χ1n) is 6.72. The highest BCUT2D eigenvalue weighted by Gasteiger charge is 2.33. The quantitative estimate of drug-likeness (QED) is 0.813. The molecule has 2 rings (SSSR count). The van der Waals surface area contributed by atoms with Gasteiger partial charge in [0.25, 0.3) is 10.0 Å². The summed E-state index contributed by atoms with van der Waals surface area (Å²) >= 11 is 0. The molecule has 1 aliphatic rings. The maximum Gasteiger partial charge on any atom is 0.262 e. The molecule has 7 nitrogen and oxygen atoms in total. The zero-order chi connectivity index (χ0) is 14.8. The minimum atomic E-state index is -3.58. The third kappa shape index (κ3) is 2.88. The van der Waals surface area contributed by atoms with Crippen molar-refractivity contribution in [3.05, 3.63) is 11.3 Å². The minimum absolute atomic E-state index is 0.0202. The number of rotatable bonds is 5. The number of ether oxygens (including phenoxy) is 1. The van der Waals surface area contributed by atoms with Crippen molar-refractivity contribution in [2.75, 3.05) is 27.3 Å². The zero-order valence-electron chi connectivity index (χ0n) is 12.1. The Balaban J connectivity index is 2.29. The van der Waals surface area contributed by atoms with Gasteiger partial charge in [0, 0.05) is 44.1 Å². The predicted octanol–water partition coefficient (Wildman–Crippen LogP) is 0.237. The van der Waals surface area contributed by atoms with Crippen molar-refractivity contribution in [2.24, 2.45) is 0 Å². The normalized spacial score (nSPS) is 17.8. The molecule has 2 N–H and O–H groups in total. The van der Waals surface area contributed by atoms with Gasteiger partial charge in [0.1, 0.15) is 0 Å². The van der Waals surface area contributed by atoms with E-state index in [1.54, 1.807) is 14.1 Å². The first kappa shape index (κ1) is 15.4. The summed E-state index contributed by atoms with van der Waals surface area (Å²) in [6, 6.07) is -0.0202. The third-order valence-electron chi connectivity index (χ3n) is 3.72. The van der Waals surface area contributed by atoms with Gasteiger partial charge in [0.05, 0.1) is 0 Å². The van der Waals surface area contributed by atoms with E-state index in [2.05, 4.69) is 15.5 Å². The van der Waals surface area contributed by atoms with Gasteiger partial charge in [-0.15, -0.1) is 0 Å². The fraction of sp³-hybridized carbons (Fsp3) is 0.750. The van der Waals surface area contributed by atoms with Gasteiger partial charge in [-0.05, 0) is 26.8 Å². The van der Waals surface area contributed by atoms with Crippen LogP contribution in [0.2, 0.25) is 0 Å². The average molecular weight is 302 g/mol. The van der Waals surface area contributed by atoms with Gasteiger partial charge in [0.2, 0.25) is 0 Å². The van der Waals surface area contributed by atoms with Crippen LogP contribution in [-0.2, 0) is 21.3 Å². The van der Waals surface area contributed by atoms with Crippen molar-refractivity contribution < 1.29 is 13.2 Å². The summed E-state index contributed by atoms with van der Waals surface area (Å²) < 4.78 is 32.1. The minimum Gasteiger partial charge on any atom is -0.381 e. The van der Waals surface area contributed by atoms with E-state index >= 15 is 0 Å². The highest BCUT2D eigenvalue weighted by atomic mass is 32.2. The lowest BCUT2D eigenvalue weighted by Gasteiger charge is -2.30. The molecule has 1 aromatic rings. The van der Waals surface area contributed by atoms with Crippen LogP contribution in [0.4, 0.5) is 0 Å². The lowest BCUT2D eigenvalue weighted by Crippen LogP contribution is -2.41. The smallest absolute Gasteiger partial charge is 0.262 e. The molecule has 0 radical (unpaired) electrons. The summed E-state index contributed by atoms with van der Waals surface area (Å²) in [5, 5.41) is 9.86. The van der Waals surface area contributed by atoms with Crippen LogP contribution >= 0.6 is 0 Å². The van der Waals surface area contributed by atoms with Gasteiger partial charge in [-0.2, -0.15) is 9.40 Å². The molecule has 114 valence electrons. The van der Waals surface area contributed by atoms with Gasteiger partial charge in [-0.1, -0.05) is 0 Å². The Hall–Kier alpha value is -0.960. The van der Waals surface area contributed by atoms with Gasteiger partial charge in [0.15, 0.2) is 5.03 Å². The summed E-state index contributed by atoms with van der Waals surface area (Å²) in [5.41, 5.74) is 1.48. The van der Waals surface area contributed by atoms with Crippen LogP contribution in [0.5, 0.6) is 0 Å². The summed E-state index contributed by atoms with van der Waals surface area (Å²) in [5.74, 6) is 0. The van der Waals surface area contributed by atoms with Crippen LogP contribution in [0.3, 0.4) is 0 Å². The van der Waals surface area contributed by atoms with Crippen molar-refractivity contribution in [3.63, 3.8) is 0 Å². The number of aryl methyl sites for hydroxylation is 1. The fourth-order valence-corrected chi connectivity index (χ4v) is 3.98. The molecule has 2 heterocycles. The number of hydrogen-bond donors (Lipinski definition) is 2. The van der Waals surface area contributed by atoms with Crippen LogP contribution in [0, 0.1) is 6.92 Å². The molecule has 0 amide bonds. The molecular weight excluding hydrogens is 280 g/mol. The Morgan fingerprint density at radius 3 is 2.70 bits per heavy atom. The van der Waals surface area contributed by atoms with Crippen LogP contribution in [0.25, 0.3) is 0 Å². The topological polar surface area (TPSA) is 87.3 Å². The van der Waals surface area contributed by atoms with Crippen LogP contribution in [-0.4, -0.2) is 56.3 Å². The monoisotopic (exact) mass is 302 g/mol. The van der Waals surface area contributed by atoms with Crippen molar-refractivity contribution in [1.82, 2.24) is 19.8 Å². The van der Waals surface area contributed by atoms with E-state index in [4.69, 9.17) is 4.74 Å². The van der Waals surface area contributed by atoms with Crippen molar-refractivity contribution in [2.45, 2.75) is 37.4 Å². The maximum absolute atomic E-state index is 12.7.